The number of nitrogens with one attached hydrogen (secondary N) is 1. The number of fused-ring (bicyclic) bond motifs is 1. The van der Waals surface area contributed by atoms with Gasteiger partial charge in [0.2, 0.25) is 0 Å². The van der Waals surface area contributed by atoms with E-state index in [-0.39, 0.29) is 5.82 Å². The van der Waals surface area contributed by atoms with Crippen LogP contribution in [-0.4, -0.2) is 19.7 Å². The number of nitrogens with zero attached hydrogens (tertiary/aromatic N) is 3. The zero-order chi connectivity index (χ0) is 11.1. The number of hydrogen-bond donors (Lipinski definition) is 1. The average Bonchev–Trinajstić information content (AvgIpc) is 2.90. The molecule has 0 aliphatic heterocycles. The van der Waals surface area contributed by atoms with Gasteiger partial charge in [0.25, 0.3) is 0 Å². The monoisotopic (exact) mass is 216 g/mol. The van der Waals surface area contributed by atoms with Crippen LogP contribution in [0.3, 0.4) is 0 Å². The lowest BCUT2D eigenvalue weighted by atomic mass is 10.1. The average molecular weight is 216 g/mol. The SMILES string of the molecule is Cn1ncc2c(F)c(-c3c[nH]cn3)ccc21. The second-order valence-electron chi connectivity index (χ2n) is 3.58. The number of benzene rings is 1. The van der Waals surface area contributed by atoms with Crippen molar-refractivity contribution in [3.05, 3.63) is 36.7 Å². The lowest BCUT2D eigenvalue weighted by Crippen LogP contribution is -1.90. The second-order valence-corrected chi connectivity index (χ2v) is 3.58. The molecule has 0 amide bonds. The highest BCUT2D eigenvalue weighted by Crippen LogP contribution is 2.26. The normalized spacial score (nSPS) is 11.1. The lowest BCUT2D eigenvalue weighted by molar-refractivity contribution is 0.642. The number of aryl methyl sites for hydroxylation is 1. The van der Waals surface area contributed by atoms with E-state index in [1.807, 2.05) is 6.07 Å². The molecular weight excluding hydrogens is 207 g/mol. The van der Waals surface area contributed by atoms with Crippen molar-refractivity contribution < 1.29 is 4.39 Å². The molecule has 2 heterocycles. The van der Waals surface area contributed by atoms with Gasteiger partial charge in [0.15, 0.2) is 0 Å². The minimum atomic E-state index is -0.280. The maximum atomic E-state index is 14.1. The molecule has 0 atom stereocenters. The number of hydrogen-bond acceptors (Lipinski definition) is 2. The summed E-state index contributed by atoms with van der Waals surface area (Å²) in [5.41, 5.74) is 1.86. The number of H-pyrrole nitrogens is 1. The zero-order valence-corrected chi connectivity index (χ0v) is 8.61. The van der Waals surface area contributed by atoms with Crippen molar-refractivity contribution in [2.24, 2.45) is 7.05 Å². The van der Waals surface area contributed by atoms with Gasteiger partial charge in [-0.25, -0.2) is 9.37 Å². The summed E-state index contributed by atoms with van der Waals surface area (Å²) in [6, 6.07) is 3.56. The molecule has 0 fully saturated rings. The van der Waals surface area contributed by atoms with Crippen LogP contribution in [0.15, 0.2) is 30.9 Å². The first-order valence-electron chi connectivity index (χ1n) is 4.87. The molecular formula is C11H9FN4. The van der Waals surface area contributed by atoms with Gasteiger partial charge >= 0.3 is 0 Å². The third-order valence-corrected chi connectivity index (χ3v) is 2.64. The number of aromatic nitrogens is 4. The molecule has 2 aromatic heterocycles. The molecule has 80 valence electrons. The van der Waals surface area contributed by atoms with Gasteiger partial charge < -0.3 is 4.98 Å². The van der Waals surface area contributed by atoms with Crippen molar-refractivity contribution in [1.29, 1.82) is 0 Å². The second kappa shape index (κ2) is 3.16. The molecule has 3 rings (SSSR count). The summed E-state index contributed by atoms with van der Waals surface area (Å²) in [6.07, 6.45) is 4.73. The predicted molar refractivity (Wildman–Crippen MR) is 58.3 cm³/mol. The van der Waals surface area contributed by atoms with Crippen LogP contribution in [0.4, 0.5) is 4.39 Å². The van der Waals surface area contributed by atoms with Gasteiger partial charge in [0.1, 0.15) is 5.82 Å². The van der Waals surface area contributed by atoms with E-state index in [4.69, 9.17) is 0 Å². The molecule has 0 saturated carbocycles. The molecule has 1 N–H and O–H groups in total. The molecule has 0 aliphatic rings. The minimum Gasteiger partial charge on any atom is -0.351 e. The van der Waals surface area contributed by atoms with Crippen LogP contribution in [0.1, 0.15) is 0 Å². The molecule has 0 saturated heterocycles. The topological polar surface area (TPSA) is 46.5 Å². The van der Waals surface area contributed by atoms with Crippen molar-refractivity contribution in [2.75, 3.05) is 0 Å². The Bertz CT molecular complexity index is 639. The molecule has 0 aliphatic carbocycles. The lowest BCUT2D eigenvalue weighted by Gasteiger charge is -2.01. The Hall–Kier alpha value is -2.17. The molecule has 1 aromatic carbocycles. The molecule has 3 aromatic rings. The van der Waals surface area contributed by atoms with E-state index in [1.165, 1.54) is 12.5 Å². The van der Waals surface area contributed by atoms with Crippen molar-refractivity contribution in [3.8, 4) is 11.3 Å². The fourth-order valence-corrected chi connectivity index (χ4v) is 1.80. The number of halogens is 1. The fourth-order valence-electron chi connectivity index (χ4n) is 1.80. The van der Waals surface area contributed by atoms with Crippen LogP contribution in [0.5, 0.6) is 0 Å². The highest BCUT2D eigenvalue weighted by atomic mass is 19.1. The molecule has 16 heavy (non-hydrogen) atoms. The van der Waals surface area contributed by atoms with Gasteiger partial charge in [0.05, 0.1) is 29.1 Å². The van der Waals surface area contributed by atoms with Crippen LogP contribution in [0.2, 0.25) is 0 Å². The highest BCUT2D eigenvalue weighted by molar-refractivity contribution is 5.84. The molecule has 5 heteroatoms. The van der Waals surface area contributed by atoms with E-state index >= 15 is 0 Å². The van der Waals surface area contributed by atoms with Gasteiger partial charge in [-0.15, -0.1) is 0 Å². The molecule has 0 radical (unpaired) electrons. The van der Waals surface area contributed by atoms with Gasteiger partial charge in [-0.2, -0.15) is 5.10 Å². The Morgan fingerprint density at radius 2 is 2.25 bits per heavy atom. The van der Waals surface area contributed by atoms with Crippen LogP contribution in [0.25, 0.3) is 22.2 Å². The summed E-state index contributed by atoms with van der Waals surface area (Å²) in [4.78, 5) is 6.85. The van der Waals surface area contributed by atoms with Crippen molar-refractivity contribution in [3.63, 3.8) is 0 Å². The van der Waals surface area contributed by atoms with Crippen molar-refractivity contribution in [1.82, 2.24) is 19.7 Å². The third kappa shape index (κ3) is 1.14. The first-order valence-corrected chi connectivity index (χ1v) is 4.87. The van der Waals surface area contributed by atoms with Gasteiger partial charge in [0, 0.05) is 18.8 Å². The van der Waals surface area contributed by atoms with Crippen LogP contribution < -0.4 is 0 Å². The highest BCUT2D eigenvalue weighted by Gasteiger charge is 2.12. The summed E-state index contributed by atoms with van der Waals surface area (Å²) in [6.45, 7) is 0. The Balaban J connectivity index is 2.32. The zero-order valence-electron chi connectivity index (χ0n) is 8.61. The van der Waals surface area contributed by atoms with Gasteiger partial charge in [-0.3, -0.25) is 4.68 Å². The first-order chi connectivity index (χ1) is 7.77. The summed E-state index contributed by atoms with van der Waals surface area (Å²) in [5, 5.41) is 4.54. The maximum Gasteiger partial charge on any atom is 0.143 e. The fraction of sp³-hybridized carbons (Fsp3) is 0.0909. The molecule has 4 nitrogen and oxygen atoms in total. The Labute approximate surface area is 90.7 Å². The minimum absolute atomic E-state index is 0.280. The van der Waals surface area contributed by atoms with E-state index < -0.39 is 0 Å². The van der Waals surface area contributed by atoms with Crippen LogP contribution >= 0.6 is 0 Å². The number of rotatable bonds is 1. The molecule has 0 unspecified atom stereocenters. The summed E-state index contributed by atoms with van der Waals surface area (Å²) < 4.78 is 15.8. The van der Waals surface area contributed by atoms with Gasteiger partial charge in [-0.05, 0) is 12.1 Å². The molecule has 0 spiro atoms. The quantitative estimate of drug-likeness (QED) is 0.677. The Morgan fingerprint density at radius 3 is 3.00 bits per heavy atom. The van der Waals surface area contributed by atoms with Crippen molar-refractivity contribution in [2.45, 2.75) is 0 Å². The first kappa shape index (κ1) is 9.08. The molecule has 0 bridgehead atoms. The summed E-state index contributed by atoms with van der Waals surface area (Å²) in [5.74, 6) is -0.280. The van der Waals surface area contributed by atoms with E-state index in [0.717, 1.165) is 5.52 Å². The number of aromatic amines is 1. The standard InChI is InChI=1S/C11H9FN4/c1-16-10-3-2-7(9-5-13-6-14-9)11(12)8(10)4-15-16/h2-6H,1H3,(H,13,14). The van der Waals surface area contributed by atoms with E-state index in [1.54, 1.807) is 24.0 Å². The predicted octanol–water partition coefficient (Wildman–Crippen LogP) is 2.10. The van der Waals surface area contributed by atoms with Crippen LogP contribution in [0, 0.1) is 5.82 Å². The van der Waals surface area contributed by atoms with E-state index in [9.17, 15) is 4.39 Å². The maximum absolute atomic E-state index is 14.1. The Morgan fingerprint density at radius 1 is 1.38 bits per heavy atom. The summed E-state index contributed by atoms with van der Waals surface area (Å²) in [7, 11) is 1.79. The third-order valence-electron chi connectivity index (χ3n) is 2.64. The van der Waals surface area contributed by atoms with Gasteiger partial charge in [-0.1, -0.05) is 0 Å². The smallest absolute Gasteiger partial charge is 0.143 e. The Kier molecular flexibility index (Phi) is 1.80. The largest absolute Gasteiger partial charge is 0.351 e. The van der Waals surface area contributed by atoms with Crippen molar-refractivity contribution >= 4 is 10.9 Å². The summed E-state index contributed by atoms with van der Waals surface area (Å²) >= 11 is 0. The number of imidazole rings is 1. The van der Waals surface area contributed by atoms with E-state index in [0.29, 0.717) is 16.6 Å². The van der Waals surface area contributed by atoms with Crippen LogP contribution in [-0.2, 0) is 7.05 Å². The van der Waals surface area contributed by atoms with E-state index in [2.05, 4.69) is 15.1 Å².